The number of carbonyl (C=O) groups excluding carboxylic acids is 1. The Balaban J connectivity index is 0.00000108. The molecule has 89 valence electrons. The Bertz CT molecular complexity index is 432. The second-order valence-corrected chi connectivity index (χ2v) is 5.01. The molecule has 1 aromatic carbocycles. The van der Waals surface area contributed by atoms with Crippen LogP contribution in [0.4, 0.5) is 0 Å². The van der Waals surface area contributed by atoms with Gasteiger partial charge in [0.1, 0.15) is 0 Å². The van der Waals surface area contributed by atoms with E-state index in [0.717, 1.165) is 38.6 Å². The van der Waals surface area contributed by atoms with Crippen LogP contribution in [0.2, 0.25) is 0 Å². The number of carbonyl (C=O) groups is 1. The second kappa shape index (κ2) is 4.87. The van der Waals surface area contributed by atoms with Crippen LogP contribution >= 0.6 is 0 Å². The molecule has 1 aromatic rings. The molecule has 2 nitrogen and oxygen atoms in total. The van der Waals surface area contributed by atoms with E-state index in [4.69, 9.17) is 0 Å². The van der Waals surface area contributed by atoms with E-state index in [9.17, 15) is 4.79 Å². The summed E-state index contributed by atoms with van der Waals surface area (Å²) >= 11 is 0. The standard InChI is InChI=1S/C14H16NO.V/c16-13-14(8-9-15-13)7-3-6-11-4-1-2-5-12(11)10-14;/h1,4-5H,3,6-10H2,(H,15,16);/q-1;. The first-order chi connectivity index (χ1) is 7.80. The van der Waals surface area contributed by atoms with Crippen molar-refractivity contribution in [3.8, 4) is 0 Å². The molecule has 2 aliphatic rings. The first-order valence-electron chi connectivity index (χ1n) is 6.06. The number of nitrogens with one attached hydrogen (secondary N) is 1. The molecule has 1 unspecified atom stereocenters. The maximum absolute atomic E-state index is 12.0. The van der Waals surface area contributed by atoms with Crippen LogP contribution in [-0.4, -0.2) is 12.5 Å². The third-order valence-electron chi connectivity index (χ3n) is 4.05. The van der Waals surface area contributed by atoms with Gasteiger partial charge in [0.15, 0.2) is 0 Å². The Morgan fingerprint density at radius 3 is 2.94 bits per heavy atom. The van der Waals surface area contributed by atoms with E-state index >= 15 is 0 Å². The summed E-state index contributed by atoms with van der Waals surface area (Å²) < 4.78 is 0. The summed E-state index contributed by atoms with van der Waals surface area (Å²) in [5.41, 5.74) is 2.63. The number of hydrogen-bond acceptors (Lipinski definition) is 1. The first-order valence-corrected chi connectivity index (χ1v) is 6.06. The molecule has 1 spiro atoms. The van der Waals surface area contributed by atoms with Crippen LogP contribution in [0.3, 0.4) is 0 Å². The molecule has 0 aromatic heterocycles. The van der Waals surface area contributed by atoms with E-state index < -0.39 is 0 Å². The van der Waals surface area contributed by atoms with Crippen molar-refractivity contribution in [1.29, 1.82) is 0 Å². The van der Waals surface area contributed by atoms with Crippen molar-refractivity contribution in [1.82, 2.24) is 5.32 Å². The number of fused-ring (bicyclic) bond motifs is 1. The molecule has 3 rings (SSSR count). The smallest absolute Gasteiger partial charge is 0.225 e. The molecule has 1 fully saturated rings. The van der Waals surface area contributed by atoms with Crippen molar-refractivity contribution in [2.45, 2.75) is 32.1 Å². The van der Waals surface area contributed by atoms with Crippen LogP contribution in [0.25, 0.3) is 0 Å². The van der Waals surface area contributed by atoms with Crippen molar-refractivity contribution < 1.29 is 23.4 Å². The number of amides is 1. The Morgan fingerprint density at radius 2 is 2.18 bits per heavy atom. The summed E-state index contributed by atoms with van der Waals surface area (Å²) in [6.07, 6.45) is 5.18. The molecule has 1 aliphatic carbocycles. The van der Waals surface area contributed by atoms with Gasteiger partial charge in [0, 0.05) is 30.5 Å². The molecule has 1 saturated heterocycles. The molecule has 1 aliphatic heterocycles. The van der Waals surface area contributed by atoms with E-state index in [1.807, 2.05) is 6.07 Å². The van der Waals surface area contributed by atoms with Gasteiger partial charge in [-0.3, -0.25) is 4.79 Å². The zero-order valence-electron chi connectivity index (χ0n) is 9.83. The minimum atomic E-state index is -0.111. The SMILES string of the molecule is O=C1NCCC12CCCc1cc[c-]cc1C2.[V]. The molecule has 3 heteroatoms. The predicted molar refractivity (Wildman–Crippen MR) is 62.0 cm³/mol. The third-order valence-corrected chi connectivity index (χ3v) is 4.05. The first kappa shape index (κ1) is 12.7. The number of benzene rings is 1. The van der Waals surface area contributed by atoms with Gasteiger partial charge >= 0.3 is 0 Å². The number of hydrogen-bond donors (Lipinski definition) is 1. The summed E-state index contributed by atoms with van der Waals surface area (Å²) in [6.45, 7) is 0.852. The molecule has 1 heterocycles. The van der Waals surface area contributed by atoms with Gasteiger partial charge in [-0.25, -0.2) is 0 Å². The summed E-state index contributed by atoms with van der Waals surface area (Å²) in [4.78, 5) is 12.0. The van der Waals surface area contributed by atoms with Gasteiger partial charge in [0.2, 0.25) is 5.91 Å². The van der Waals surface area contributed by atoms with E-state index in [2.05, 4.69) is 23.5 Å². The van der Waals surface area contributed by atoms with Crippen molar-refractivity contribution >= 4 is 5.91 Å². The molecule has 1 atom stereocenters. The zero-order chi connectivity index (χ0) is 11.0. The minimum Gasteiger partial charge on any atom is -0.356 e. The van der Waals surface area contributed by atoms with Gasteiger partial charge in [0.05, 0.1) is 0 Å². The topological polar surface area (TPSA) is 29.1 Å². The summed E-state index contributed by atoms with van der Waals surface area (Å²) in [5.74, 6) is 0.268. The summed E-state index contributed by atoms with van der Waals surface area (Å²) in [6, 6.07) is 9.33. The maximum atomic E-state index is 12.0. The van der Waals surface area contributed by atoms with Gasteiger partial charge in [-0.1, -0.05) is 19.3 Å². The van der Waals surface area contributed by atoms with E-state index in [-0.39, 0.29) is 29.9 Å². The molecular weight excluding hydrogens is 249 g/mol. The van der Waals surface area contributed by atoms with Crippen LogP contribution < -0.4 is 5.32 Å². The fourth-order valence-corrected chi connectivity index (χ4v) is 3.10. The molecule has 1 N–H and O–H groups in total. The van der Waals surface area contributed by atoms with Crippen molar-refractivity contribution in [3.05, 3.63) is 35.4 Å². The molecule has 1 amide bonds. The van der Waals surface area contributed by atoms with Gasteiger partial charge in [-0.15, -0.1) is 0 Å². The molecule has 0 bridgehead atoms. The van der Waals surface area contributed by atoms with Crippen LogP contribution in [0.15, 0.2) is 18.2 Å². The Labute approximate surface area is 114 Å². The monoisotopic (exact) mass is 265 g/mol. The van der Waals surface area contributed by atoms with Crippen LogP contribution in [0, 0.1) is 11.5 Å². The minimum absolute atomic E-state index is 0. The molecule has 17 heavy (non-hydrogen) atoms. The molecular formula is C14H16NOV-. The summed E-state index contributed by atoms with van der Waals surface area (Å²) in [7, 11) is 0. The van der Waals surface area contributed by atoms with E-state index in [1.54, 1.807) is 0 Å². The zero-order valence-corrected chi connectivity index (χ0v) is 11.2. The largest absolute Gasteiger partial charge is 0.356 e. The normalized spacial score (nSPS) is 26.9. The average molecular weight is 265 g/mol. The molecule has 1 radical (unpaired) electrons. The van der Waals surface area contributed by atoms with Gasteiger partial charge < -0.3 is 5.32 Å². The quantitative estimate of drug-likeness (QED) is 0.713. The van der Waals surface area contributed by atoms with Crippen LogP contribution in [-0.2, 0) is 36.2 Å². The van der Waals surface area contributed by atoms with Gasteiger partial charge in [-0.2, -0.15) is 35.4 Å². The Morgan fingerprint density at radius 1 is 1.29 bits per heavy atom. The van der Waals surface area contributed by atoms with Crippen LogP contribution in [0.5, 0.6) is 0 Å². The van der Waals surface area contributed by atoms with Crippen molar-refractivity contribution in [2.24, 2.45) is 5.41 Å². The van der Waals surface area contributed by atoms with Crippen molar-refractivity contribution in [2.75, 3.05) is 6.54 Å². The van der Waals surface area contributed by atoms with E-state index in [0.29, 0.717) is 0 Å². The maximum Gasteiger partial charge on any atom is 0.225 e. The number of rotatable bonds is 0. The predicted octanol–water partition coefficient (Wildman–Crippen LogP) is 1.87. The molecule has 0 saturated carbocycles. The van der Waals surface area contributed by atoms with Gasteiger partial charge in [-0.05, 0) is 12.8 Å². The average Bonchev–Trinajstić information content (AvgIpc) is 2.54. The Kier molecular flexibility index (Phi) is 3.65. The fraction of sp³-hybridized carbons (Fsp3) is 0.500. The Hall–Kier alpha value is -0.726. The second-order valence-electron chi connectivity index (χ2n) is 5.01. The van der Waals surface area contributed by atoms with Crippen molar-refractivity contribution in [3.63, 3.8) is 0 Å². The summed E-state index contributed by atoms with van der Waals surface area (Å²) in [5, 5.41) is 2.99. The third kappa shape index (κ3) is 2.16. The van der Waals surface area contributed by atoms with E-state index in [1.165, 1.54) is 11.1 Å². The van der Waals surface area contributed by atoms with Gasteiger partial charge in [0.25, 0.3) is 0 Å². The van der Waals surface area contributed by atoms with Crippen LogP contribution in [0.1, 0.15) is 30.4 Å². The fourth-order valence-electron chi connectivity index (χ4n) is 3.10. The number of aryl methyl sites for hydroxylation is 1.